The molecule has 29 heavy (non-hydrogen) atoms. The molecule has 10 heteroatoms. The second-order valence-electron chi connectivity index (χ2n) is 6.32. The number of nitrogens with one attached hydrogen (secondary N) is 2. The minimum absolute atomic E-state index is 0.107. The van der Waals surface area contributed by atoms with Crippen molar-refractivity contribution in [3.05, 3.63) is 52.5 Å². The van der Waals surface area contributed by atoms with E-state index in [0.717, 1.165) is 5.56 Å². The summed E-state index contributed by atoms with van der Waals surface area (Å²) in [5.74, 6) is 0.750. The minimum Gasteiger partial charge on any atom is -0.497 e. The number of anilines is 2. The van der Waals surface area contributed by atoms with Crippen LogP contribution >= 0.6 is 23.2 Å². The van der Waals surface area contributed by atoms with Crippen molar-refractivity contribution in [1.82, 2.24) is 14.8 Å². The van der Waals surface area contributed by atoms with Crippen molar-refractivity contribution >= 4 is 46.7 Å². The first kappa shape index (κ1) is 19.2. The summed E-state index contributed by atoms with van der Waals surface area (Å²) >= 11 is 11.8. The fourth-order valence-corrected chi connectivity index (χ4v) is 3.23. The molecule has 2 amide bonds. The summed E-state index contributed by atoms with van der Waals surface area (Å²) in [6.07, 6.45) is -0.107. The Morgan fingerprint density at radius 1 is 1.21 bits per heavy atom. The molecule has 0 fully saturated rings. The number of aromatic nitrogens is 3. The fraction of sp³-hybridized carbons (Fsp3) is 0.158. The third-order valence-corrected chi connectivity index (χ3v) is 5.13. The summed E-state index contributed by atoms with van der Waals surface area (Å²) in [5.41, 5.74) is 1.25. The molecule has 1 aromatic heterocycles. The Hall–Kier alpha value is -3.10. The van der Waals surface area contributed by atoms with E-state index < -0.39 is 6.04 Å². The molecule has 148 valence electrons. The molecule has 0 saturated heterocycles. The molecule has 4 rings (SSSR count). The predicted molar refractivity (Wildman–Crippen MR) is 109 cm³/mol. The topological polar surface area (TPSA) is 98.1 Å². The van der Waals surface area contributed by atoms with Crippen LogP contribution in [0.5, 0.6) is 5.75 Å². The molecule has 0 aliphatic carbocycles. The van der Waals surface area contributed by atoms with Crippen LogP contribution in [0.25, 0.3) is 11.4 Å². The van der Waals surface area contributed by atoms with Crippen molar-refractivity contribution in [1.29, 1.82) is 0 Å². The number of carbonyl (C=O) groups is 2. The number of nitrogens with zero attached hydrogens (tertiary/aromatic N) is 3. The molecule has 2 N–H and O–H groups in total. The fourth-order valence-electron chi connectivity index (χ4n) is 2.93. The number of benzene rings is 2. The van der Waals surface area contributed by atoms with Crippen LogP contribution in [0.4, 0.5) is 11.6 Å². The summed E-state index contributed by atoms with van der Waals surface area (Å²) in [6.45, 7) is 0. The van der Waals surface area contributed by atoms with Gasteiger partial charge in [0.1, 0.15) is 11.8 Å². The normalized spacial score (nSPS) is 15.0. The number of hydrogen-bond acceptors (Lipinski definition) is 5. The molecule has 2 aromatic carbocycles. The molecule has 1 aliphatic rings. The Kier molecular flexibility index (Phi) is 5.12. The number of fused-ring (bicyclic) bond motifs is 1. The minimum atomic E-state index is -0.799. The van der Waals surface area contributed by atoms with Crippen LogP contribution in [-0.2, 0) is 9.59 Å². The third-order valence-electron chi connectivity index (χ3n) is 4.39. The first-order chi connectivity index (χ1) is 13.9. The van der Waals surface area contributed by atoms with E-state index in [9.17, 15) is 9.59 Å². The van der Waals surface area contributed by atoms with Gasteiger partial charge in [-0.1, -0.05) is 23.2 Å². The second kappa shape index (κ2) is 7.73. The van der Waals surface area contributed by atoms with Gasteiger partial charge in [-0.25, -0.2) is 4.68 Å². The Balaban J connectivity index is 1.50. The van der Waals surface area contributed by atoms with E-state index in [-0.39, 0.29) is 18.2 Å². The van der Waals surface area contributed by atoms with Crippen molar-refractivity contribution in [2.24, 2.45) is 0 Å². The van der Waals surface area contributed by atoms with Gasteiger partial charge >= 0.3 is 0 Å². The van der Waals surface area contributed by atoms with Gasteiger partial charge in [-0.2, -0.15) is 4.98 Å². The van der Waals surface area contributed by atoms with Crippen molar-refractivity contribution in [2.75, 3.05) is 17.7 Å². The maximum atomic E-state index is 12.4. The van der Waals surface area contributed by atoms with E-state index in [4.69, 9.17) is 27.9 Å². The molecule has 0 unspecified atom stereocenters. The number of ether oxygens (including phenoxy) is 1. The van der Waals surface area contributed by atoms with Crippen LogP contribution < -0.4 is 15.4 Å². The molecular weight excluding hydrogens is 417 g/mol. The number of hydrogen-bond donors (Lipinski definition) is 2. The Labute approximate surface area is 175 Å². The van der Waals surface area contributed by atoms with Gasteiger partial charge in [0, 0.05) is 11.3 Å². The van der Waals surface area contributed by atoms with E-state index in [1.54, 1.807) is 37.4 Å². The Bertz CT molecular complexity index is 1100. The standard InChI is InChI=1S/C19H15Cl2N5O3/c1-29-12-5-2-10(3-6-12)17-23-19-24-18(28)15(26(19)25-17)9-16(27)22-11-4-7-13(20)14(21)8-11/h2-8,15H,9H2,1H3,(H,22,27)(H,23,24,25,28)/t15-/m1/s1. The monoisotopic (exact) mass is 431 g/mol. The van der Waals surface area contributed by atoms with E-state index in [1.807, 2.05) is 12.1 Å². The summed E-state index contributed by atoms with van der Waals surface area (Å²) in [6, 6.07) is 11.2. The molecule has 0 radical (unpaired) electrons. The van der Waals surface area contributed by atoms with Crippen LogP contribution in [0, 0.1) is 0 Å². The zero-order chi connectivity index (χ0) is 20.5. The highest BCUT2D eigenvalue weighted by atomic mass is 35.5. The molecule has 1 atom stereocenters. The van der Waals surface area contributed by atoms with Gasteiger partial charge in [0.05, 0.1) is 23.6 Å². The molecule has 1 aliphatic heterocycles. The summed E-state index contributed by atoms with van der Waals surface area (Å²) in [7, 11) is 1.58. The number of halogens is 2. The zero-order valence-corrected chi connectivity index (χ0v) is 16.7. The predicted octanol–water partition coefficient (Wildman–Crippen LogP) is 3.78. The van der Waals surface area contributed by atoms with Crippen LogP contribution in [0.3, 0.4) is 0 Å². The van der Waals surface area contributed by atoms with Crippen LogP contribution in [0.2, 0.25) is 10.0 Å². The van der Waals surface area contributed by atoms with Gasteiger partial charge in [-0.15, -0.1) is 5.10 Å². The van der Waals surface area contributed by atoms with Gasteiger partial charge in [-0.3, -0.25) is 14.9 Å². The highest BCUT2D eigenvalue weighted by Gasteiger charge is 2.35. The first-order valence-electron chi connectivity index (χ1n) is 8.61. The third kappa shape index (κ3) is 3.90. The Morgan fingerprint density at radius 3 is 2.66 bits per heavy atom. The van der Waals surface area contributed by atoms with Gasteiger partial charge in [0.2, 0.25) is 11.9 Å². The highest BCUT2D eigenvalue weighted by Crippen LogP contribution is 2.30. The molecule has 0 saturated carbocycles. The van der Waals surface area contributed by atoms with E-state index in [1.165, 1.54) is 4.68 Å². The summed E-state index contributed by atoms with van der Waals surface area (Å²) < 4.78 is 6.57. The molecule has 0 bridgehead atoms. The lowest BCUT2D eigenvalue weighted by Crippen LogP contribution is -2.23. The van der Waals surface area contributed by atoms with Crippen LogP contribution in [-0.4, -0.2) is 33.7 Å². The lowest BCUT2D eigenvalue weighted by Gasteiger charge is -2.10. The van der Waals surface area contributed by atoms with Crippen LogP contribution in [0.15, 0.2) is 42.5 Å². The van der Waals surface area contributed by atoms with Gasteiger partial charge < -0.3 is 10.1 Å². The van der Waals surface area contributed by atoms with Crippen molar-refractivity contribution in [3.63, 3.8) is 0 Å². The number of methoxy groups -OCH3 is 1. The van der Waals surface area contributed by atoms with Crippen LogP contribution in [0.1, 0.15) is 12.5 Å². The molecular formula is C19H15Cl2N5O3. The highest BCUT2D eigenvalue weighted by molar-refractivity contribution is 6.42. The summed E-state index contributed by atoms with van der Waals surface area (Å²) in [4.78, 5) is 29.0. The lowest BCUT2D eigenvalue weighted by atomic mass is 10.2. The Morgan fingerprint density at radius 2 is 1.97 bits per heavy atom. The lowest BCUT2D eigenvalue weighted by molar-refractivity contribution is -0.123. The van der Waals surface area contributed by atoms with E-state index in [0.29, 0.717) is 33.3 Å². The first-order valence-corrected chi connectivity index (χ1v) is 9.37. The number of rotatable bonds is 5. The van der Waals surface area contributed by atoms with Gasteiger partial charge in [0.25, 0.3) is 5.91 Å². The van der Waals surface area contributed by atoms with Crippen molar-refractivity contribution in [2.45, 2.75) is 12.5 Å². The summed E-state index contributed by atoms with van der Waals surface area (Å²) in [5, 5.41) is 10.5. The number of amides is 2. The SMILES string of the molecule is COc1ccc(-c2nc3n(n2)[C@H](CC(=O)Nc2ccc(Cl)c(Cl)c2)C(=O)N3)cc1. The largest absolute Gasteiger partial charge is 0.497 e. The smallest absolute Gasteiger partial charge is 0.252 e. The molecule has 3 aromatic rings. The quantitative estimate of drug-likeness (QED) is 0.640. The zero-order valence-electron chi connectivity index (χ0n) is 15.1. The van der Waals surface area contributed by atoms with Gasteiger partial charge in [-0.05, 0) is 42.5 Å². The van der Waals surface area contributed by atoms with Gasteiger partial charge in [0.15, 0.2) is 5.82 Å². The second-order valence-corrected chi connectivity index (χ2v) is 7.13. The average Bonchev–Trinajstić information content (AvgIpc) is 3.23. The number of carbonyl (C=O) groups excluding carboxylic acids is 2. The molecule has 0 spiro atoms. The maximum Gasteiger partial charge on any atom is 0.252 e. The van der Waals surface area contributed by atoms with Crippen molar-refractivity contribution < 1.29 is 14.3 Å². The van der Waals surface area contributed by atoms with E-state index >= 15 is 0 Å². The van der Waals surface area contributed by atoms with E-state index in [2.05, 4.69) is 20.7 Å². The maximum absolute atomic E-state index is 12.4. The molecule has 8 nitrogen and oxygen atoms in total. The van der Waals surface area contributed by atoms with Crippen molar-refractivity contribution in [3.8, 4) is 17.1 Å². The average molecular weight is 432 g/mol. The molecule has 2 heterocycles.